The highest BCUT2D eigenvalue weighted by Gasteiger charge is 2.44. The lowest BCUT2D eigenvalue weighted by Gasteiger charge is -2.38. The van der Waals surface area contributed by atoms with Gasteiger partial charge in [-0.2, -0.15) is 11.8 Å². The number of ether oxygens (including phenoxy) is 1. The molecule has 8 nitrogen and oxygen atoms in total. The first kappa shape index (κ1) is 27.8. The molecule has 2 atom stereocenters. The largest absolute Gasteiger partial charge is 0.450 e. The number of carbonyl (C=O) groups is 3. The summed E-state index contributed by atoms with van der Waals surface area (Å²) in [6, 6.07) is -1.01. The lowest BCUT2D eigenvalue weighted by atomic mass is 9.86. The number of nitrogens with two attached hydrogens (primary N) is 1. The van der Waals surface area contributed by atoms with Crippen molar-refractivity contribution in [2.75, 3.05) is 19.7 Å². The highest BCUT2D eigenvalue weighted by atomic mass is 32.2. The van der Waals surface area contributed by atoms with Crippen LogP contribution in [0.2, 0.25) is 0 Å². The number of nitrogens with one attached hydrogen (secondary N) is 2. The number of rotatable bonds is 10. The lowest BCUT2D eigenvalue weighted by molar-refractivity contribution is -0.140. The molecule has 0 aromatic carbocycles. The van der Waals surface area contributed by atoms with Gasteiger partial charge in [-0.15, -0.1) is 0 Å². The number of thioether (sulfide) groups is 1. The Labute approximate surface area is 203 Å². The molecule has 2 fully saturated rings. The lowest BCUT2D eigenvalue weighted by Crippen LogP contribution is -2.60. The van der Waals surface area contributed by atoms with Crippen molar-refractivity contribution >= 4 is 29.7 Å². The second kappa shape index (κ2) is 12.8. The normalized spacial score (nSPS) is 24.5. The average Bonchev–Trinajstić information content (AvgIpc) is 3.24. The molecule has 1 saturated carbocycles. The maximum Gasteiger partial charge on any atom is 0.407 e. The quantitative estimate of drug-likeness (QED) is 0.439. The standard InChI is InChI=1S/C24H44N4O4S/c1-6-14-32-23(31)27-20(24(4,5)33-16(2)3)22(30)28-13-7-8-19(28)21(29)26-15-17-9-11-18(25)12-10-17/h16-20H,6-15,25H2,1-5H3,(H,26,29)(H,27,31)/t17?,18?,19?,20-/m0/s1. The summed E-state index contributed by atoms with van der Waals surface area (Å²) in [4.78, 5) is 40.8. The molecule has 1 aliphatic carbocycles. The number of hydrogen-bond donors (Lipinski definition) is 3. The Balaban J connectivity index is 2.07. The minimum Gasteiger partial charge on any atom is -0.450 e. The van der Waals surface area contributed by atoms with Gasteiger partial charge < -0.3 is 26.0 Å². The van der Waals surface area contributed by atoms with Crippen LogP contribution in [0.15, 0.2) is 0 Å². The number of hydrogen-bond acceptors (Lipinski definition) is 6. The molecule has 2 aliphatic rings. The van der Waals surface area contributed by atoms with E-state index in [1.165, 1.54) is 0 Å². The van der Waals surface area contributed by atoms with Gasteiger partial charge in [-0.3, -0.25) is 9.59 Å². The Bertz CT molecular complexity index is 665. The van der Waals surface area contributed by atoms with Crippen molar-refractivity contribution in [3.8, 4) is 0 Å². The van der Waals surface area contributed by atoms with Crippen LogP contribution in [0.4, 0.5) is 4.79 Å². The van der Waals surface area contributed by atoms with E-state index in [1.807, 2.05) is 20.8 Å². The van der Waals surface area contributed by atoms with Gasteiger partial charge in [0, 0.05) is 23.9 Å². The highest BCUT2D eigenvalue weighted by Crippen LogP contribution is 2.34. The number of alkyl carbamates (subject to hydrolysis) is 1. The maximum absolute atomic E-state index is 13.7. The molecular weight excluding hydrogens is 440 g/mol. The summed E-state index contributed by atoms with van der Waals surface area (Å²) in [6.45, 7) is 11.4. The van der Waals surface area contributed by atoms with Crippen LogP contribution in [0.25, 0.3) is 0 Å². The van der Waals surface area contributed by atoms with Crippen LogP contribution in [0.3, 0.4) is 0 Å². The zero-order valence-electron chi connectivity index (χ0n) is 21.0. The van der Waals surface area contributed by atoms with Crippen LogP contribution in [-0.4, -0.2) is 70.6 Å². The van der Waals surface area contributed by atoms with Gasteiger partial charge in [0.15, 0.2) is 0 Å². The van der Waals surface area contributed by atoms with Crippen LogP contribution in [-0.2, 0) is 14.3 Å². The molecule has 9 heteroatoms. The molecular formula is C24H44N4O4S. The van der Waals surface area contributed by atoms with Gasteiger partial charge in [-0.25, -0.2) is 4.79 Å². The fourth-order valence-corrected chi connectivity index (χ4v) is 6.30. The molecule has 33 heavy (non-hydrogen) atoms. The second-order valence-electron chi connectivity index (χ2n) is 10.2. The van der Waals surface area contributed by atoms with Crippen molar-refractivity contribution in [2.45, 2.75) is 108 Å². The van der Waals surface area contributed by atoms with Crippen LogP contribution < -0.4 is 16.4 Å². The summed E-state index contributed by atoms with van der Waals surface area (Å²) >= 11 is 1.63. The summed E-state index contributed by atoms with van der Waals surface area (Å²) in [5.74, 6) is 0.128. The van der Waals surface area contributed by atoms with Gasteiger partial charge in [0.2, 0.25) is 11.8 Å². The predicted octanol–water partition coefficient (Wildman–Crippen LogP) is 3.04. The minimum absolute atomic E-state index is 0.0997. The Hall–Kier alpha value is -1.48. The minimum atomic E-state index is -0.789. The Morgan fingerprint density at radius 1 is 1.15 bits per heavy atom. The summed E-state index contributed by atoms with van der Waals surface area (Å²) in [6.07, 6.45) is 5.57. The van der Waals surface area contributed by atoms with Gasteiger partial charge in [0.25, 0.3) is 0 Å². The molecule has 0 radical (unpaired) electrons. The third-order valence-corrected chi connectivity index (χ3v) is 7.79. The first-order valence-corrected chi connectivity index (χ1v) is 13.4. The molecule has 1 heterocycles. The van der Waals surface area contributed by atoms with Gasteiger partial charge >= 0.3 is 6.09 Å². The van der Waals surface area contributed by atoms with Gasteiger partial charge in [0.1, 0.15) is 12.1 Å². The molecule has 0 spiro atoms. The highest BCUT2D eigenvalue weighted by molar-refractivity contribution is 8.01. The van der Waals surface area contributed by atoms with Crippen molar-refractivity contribution in [3.63, 3.8) is 0 Å². The van der Waals surface area contributed by atoms with E-state index in [-0.39, 0.29) is 23.1 Å². The molecule has 2 rings (SSSR count). The van der Waals surface area contributed by atoms with E-state index in [2.05, 4.69) is 24.5 Å². The van der Waals surface area contributed by atoms with E-state index in [1.54, 1.807) is 16.7 Å². The van der Waals surface area contributed by atoms with Crippen LogP contribution >= 0.6 is 11.8 Å². The molecule has 190 valence electrons. The van der Waals surface area contributed by atoms with E-state index < -0.39 is 22.9 Å². The van der Waals surface area contributed by atoms with E-state index in [9.17, 15) is 14.4 Å². The monoisotopic (exact) mass is 484 g/mol. The SMILES string of the molecule is CCCOC(=O)N[C@@H](C(=O)N1CCCC1C(=O)NCC1CCC(N)CC1)C(C)(C)SC(C)C. The zero-order chi connectivity index (χ0) is 24.6. The summed E-state index contributed by atoms with van der Waals surface area (Å²) in [5.41, 5.74) is 5.99. The van der Waals surface area contributed by atoms with E-state index in [4.69, 9.17) is 10.5 Å². The number of carbonyl (C=O) groups excluding carboxylic acids is 3. The molecule has 4 N–H and O–H groups in total. The van der Waals surface area contributed by atoms with E-state index >= 15 is 0 Å². The first-order valence-electron chi connectivity index (χ1n) is 12.5. The Morgan fingerprint density at radius 3 is 2.42 bits per heavy atom. The average molecular weight is 485 g/mol. The number of likely N-dealkylation sites (tertiary alicyclic amines) is 1. The number of amides is 3. The van der Waals surface area contributed by atoms with Crippen molar-refractivity contribution in [3.05, 3.63) is 0 Å². The van der Waals surface area contributed by atoms with Crippen LogP contribution in [0.5, 0.6) is 0 Å². The first-order chi connectivity index (χ1) is 15.5. The Morgan fingerprint density at radius 2 is 1.82 bits per heavy atom. The van der Waals surface area contributed by atoms with Crippen LogP contribution in [0, 0.1) is 5.92 Å². The van der Waals surface area contributed by atoms with Crippen LogP contribution in [0.1, 0.15) is 79.6 Å². The van der Waals surface area contributed by atoms with Crippen molar-refractivity contribution in [1.29, 1.82) is 0 Å². The van der Waals surface area contributed by atoms with Crippen molar-refractivity contribution in [2.24, 2.45) is 11.7 Å². The van der Waals surface area contributed by atoms with E-state index in [0.29, 0.717) is 38.5 Å². The van der Waals surface area contributed by atoms with Crippen molar-refractivity contribution in [1.82, 2.24) is 15.5 Å². The van der Waals surface area contributed by atoms with Gasteiger partial charge in [0.05, 0.1) is 6.61 Å². The maximum atomic E-state index is 13.7. The Kier molecular flexibility index (Phi) is 10.8. The molecule has 1 unspecified atom stereocenters. The topological polar surface area (TPSA) is 114 Å². The smallest absolute Gasteiger partial charge is 0.407 e. The molecule has 0 bridgehead atoms. The zero-order valence-corrected chi connectivity index (χ0v) is 21.8. The summed E-state index contributed by atoms with van der Waals surface area (Å²) < 4.78 is 4.64. The van der Waals surface area contributed by atoms with E-state index in [0.717, 1.165) is 32.1 Å². The molecule has 3 amide bonds. The number of nitrogens with zero attached hydrogens (tertiary/aromatic N) is 1. The fraction of sp³-hybridized carbons (Fsp3) is 0.875. The molecule has 1 aliphatic heterocycles. The fourth-order valence-electron chi connectivity index (χ4n) is 4.79. The van der Waals surface area contributed by atoms with Crippen molar-refractivity contribution < 1.29 is 19.1 Å². The van der Waals surface area contributed by atoms with Gasteiger partial charge in [-0.1, -0.05) is 20.8 Å². The second-order valence-corrected chi connectivity index (χ2v) is 12.4. The molecule has 0 aromatic heterocycles. The third-order valence-electron chi connectivity index (χ3n) is 6.48. The third kappa shape index (κ3) is 8.35. The summed E-state index contributed by atoms with van der Waals surface area (Å²) in [7, 11) is 0. The molecule has 0 aromatic rings. The summed E-state index contributed by atoms with van der Waals surface area (Å²) in [5, 5.41) is 6.15. The van der Waals surface area contributed by atoms with Gasteiger partial charge in [-0.05, 0) is 70.0 Å². The predicted molar refractivity (Wildman–Crippen MR) is 133 cm³/mol. The molecule has 1 saturated heterocycles.